The molecule has 4 nitrogen and oxygen atoms in total. The molecule has 0 aliphatic rings. The summed E-state index contributed by atoms with van der Waals surface area (Å²) in [5.74, 6) is 0.217. The van der Waals surface area contributed by atoms with Gasteiger partial charge in [0.25, 0.3) is 0 Å². The van der Waals surface area contributed by atoms with Gasteiger partial charge in [-0.25, -0.2) is 0 Å². The van der Waals surface area contributed by atoms with Crippen molar-refractivity contribution < 1.29 is 9.59 Å². The van der Waals surface area contributed by atoms with Gasteiger partial charge in [0.15, 0.2) is 6.29 Å². The van der Waals surface area contributed by atoms with Gasteiger partial charge >= 0.3 is 0 Å². The minimum atomic E-state index is -0.0987. The SMILES string of the molecule is CCc1cccc2c(C=O)cn(CC(=O)Nc3ccc(I)cc3C(C)C)c12. The predicted octanol–water partition coefficient (Wildman–Crippen LogP) is 5.38. The van der Waals surface area contributed by atoms with Gasteiger partial charge in [0.05, 0.1) is 5.52 Å². The van der Waals surface area contributed by atoms with Crippen LogP contribution in [0.25, 0.3) is 10.9 Å². The number of benzene rings is 2. The van der Waals surface area contributed by atoms with Gasteiger partial charge in [0.2, 0.25) is 5.91 Å². The van der Waals surface area contributed by atoms with Crippen molar-refractivity contribution in [2.45, 2.75) is 39.7 Å². The Bertz CT molecular complexity index is 1000. The van der Waals surface area contributed by atoms with E-state index in [9.17, 15) is 9.59 Å². The van der Waals surface area contributed by atoms with Gasteiger partial charge < -0.3 is 9.88 Å². The number of carbonyl (C=O) groups excluding carboxylic acids is 2. The summed E-state index contributed by atoms with van der Waals surface area (Å²) in [4.78, 5) is 24.2. The lowest BCUT2D eigenvalue weighted by Crippen LogP contribution is -2.19. The van der Waals surface area contributed by atoms with Crippen molar-refractivity contribution in [1.82, 2.24) is 4.57 Å². The molecule has 1 N–H and O–H groups in total. The molecule has 0 atom stereocenters. The number of amides is 1. The molecule has 1 heterocycles. The molecular weight excluding hydrogens is 451 g/mol. The number of halogens is 1. The van der Waals surface area contributed by atoms with Crippen LogP contribution in [-0.4, -0.2) is 16.8 Å². The first-order valence-electron chi connectivity index (χ1n) is 9.09. The Balaban J connectivity index is 1.92. The largest absolute Gasteiger partial charge is 0.337 e. The predicted molar refractivity (Wildman–Crippen MR) is 119 cm³/mol. The quantitative estimate of drug-likeness (QED) is 0.385. The lowest BCUT2D eigenvalue weighted by Gasteiger charge is -2.15. The molecule has 0 radical (unpaired) electrons. The lowest BCUT2D eigenvalue weighted by atomic mass is 10.0. The third kappa shape index (κ3) is 4.08. The molecular formula is C22H23IN2O2. The van der Waals surface area contributed by atoms with Gasteiger partial charge in [0.1, 0.15) is 6.54 Å². The van der Waals surface area contributed by atoms with Crippen molar-refractivity contribution in [2.24, 2.45) is 0 Å². The Kier molecular flexibility index (Phi) is 5.99. The molecule has 0 fully saturated rings. The highest BCUT2D eigenvalue weighted by Gasteiger charge is 2.15. The van der Waals surface area contributed by atoms with Crippen LogP contribution in [0.3, 0.4) is 0 Å². The third-order valence-corrected chi connectivity index (χ3v) is 5.42. The van der Waals surface area contributed by atoms with Crippen LogP contribution in [0, 0.1) is 3.57 Å². The number of para-hydroxylation sites is 1. The summed E-state index contributed by atoms with van der Waals surface area (Å²) in [6, 6.07) is 12.0. The zero-order valence-electron chi connectivity index (χ0n) is 15.8. The fraction of sp³-hybridized carbons (Fsp3) is 0.273. The van der Waals surface area contributed by atoms with Crippen molar-refractivity contribution in [1.29, 1.82) is 0 Å². The van der Waals surface area contributed by atoms with Crippen molar-refractivity contribution in [3.05, 3.63) is 62.9 Å². The van der Waals surface area contributed by atoms with Crippen LogP contribution in [0.15, 0.2) is 42.6 Å². The summed E-state index contributed by atoms with van der Waals surface area (Å²) in [5.41, 5.74) is 4.67. The number of rotatable bonds is 6. The first-order valence-corrected chi connectivity index (χ1v) is 10.2. The van der Waals surface area contributed by atoms with E-state index in [4.69, 9.17) is 0 Å². The number of fused-ring (bicyclic) bond motifs is 1. The van der Waals surface area contributed by atoms with E-state index in [0.29, 0.717) is 11.5 Å². The molecule has 0 saturated carbocycles. The van der Waals surface area contributed by atoms with Gasteiger partial charge in [0, 0.05) is 26.4 Å². The molecule has 27 heavy (non-hydrogen) atoms. The van der Waals surface area contributed by atoms with E-state index in [2.05, 4.69) is 54.7 Å². The highest BCUT2D eigenvalue weighted by Crippen LogP contribution is 2.27. The zero-order chi connectivity index (χ0) is 19.6. The highest BCUT2D eigenvalue weighted by atomic mass is 127. The van der Waals surface area contributed by atoms with E-state index in [-0.39, 0.29) is 12.5 Å². The lowest BCUT2D eigenvalue weighted by molar-refractivity contribution is -0.116. The number of aromatic nitrogens is 1. The molecule has 3 rings (SSSR count). The number of nitrogens with one attached hydrogen (secondary N) is 1. The molecule has 0 bridgehead atoms. The Morgan fingerprint density at radius 2 is 2.04 bits per heavy atom. The number of carbonyl (C=O) groups is 2. The van der Waals surface area contributed by atoms with Gasteiger partial charge in [-0.3, -0.25) is 9.59 Å². The standard InChI is InChI=1S/C22H23IN2O2/c1-4-15-6-5-7-18-16(13-26)11-25(22(15)18)12-21(27)24-20-9-8-17(23)10-19(20)14(2)3/h5-11,13-14H,4,12H2,1-3H3,(H,24,27). The third-order valence-electron chi connectivity index (χ3n) is 4.74. The molecule has 5 heteroatoms. The summed E-state index contributed by atoms with van der Waals surface area (Å²) < 4.78 is 3.03. The topological polar surface area (TPSA) is 51.1 Å². The first-order chi connectivity index (χ1) is 12.9. The summed E-state index contributed by atoms with van der Waals surface area (Å²) in [7, 11) is 0. The number of hydrogen-bond donors (Lipinski definition) is 1. The number of aryl methyl sites for hydroxylation is 1. The second-order valence-electron chi connectivity index (χ2n) is 6.93. The van der Waals surface area contributed by atoms with Gasteiger partial charge in [-0.1, -0.05) is 39.0 Å². The Hall–Kier alpha value is -2.15. The van der Waals surface area contributed by atoms with Crippen LogP contribution in [0.2, 0.25) is 0 Å². The molecule has 0 aliphatic carbocycles. The summed E-state index contributed by atoms with van der Waals surface area (Å²) in [6.07, 6.45) is 3.47. The van der Waals surface area contributed by atoms with E-state index < -0.39 is 0 Å². The minimum absolute atomic E-state index is 0.0987. The fourth-order valence-corrected chi connectivity index (χ4v) is 3.95. The number of aldehydes is 1. The Labute approximate surface area is 173 Å². The summed E-state index contributed by atoms with van der Waals surface area (Å²) in [5, 5.41) is 3.94. The van der Waals surface area contributed by atoms with Crippen LogP contribution < -0.4 is 5.32 Å². The zero-order valence-corrected chi connectivity index (χ0v) is 17.9. The van der Waals surface area contributed by atoms with Crippen LogP contribution in [-0.2, 0) is 17.8 Å². The van der Waals surface area contributed by atoms with E-state index in [1.165, 1.54) is 0 Å². The maximum absolute atomic E-state index is 12.8. The molecule has 1 amide bonds. The van der Waals surface area contributed by atoms with Gasteiger partial charge in [-0.15, -0.1) is 0 Å². The van der Waals surface area contributed by atoms with Crippen molar-refractivity contribution in [3.8, 4) is 0 Å². The molecule has 0 spiro atoms. The second-order valence-corrected chi connectivity index (χ2v) is 8.18. The maximum atomic E-state index is 12.8. The number of anilines is 1. The first kappa shape index (κ1) is 19.6. The highest BCUT2D eigenvalue weighted by molar-refractivity contribution is 14.1. The average Bonchev–Trinajstić information content (AvgIpc) is 3.00. The molecule has 0 saturated heterocycles. The molecule has 0 unspecified atom stereocenters. The van der Waals surface area contributed by atoms with Crippen molar-refractivity contribution in [3.63, 3.8) is 0 Å². The van der Waals surface area contributed by atoms with Crippen molar-refractivity contribution >= 4 is 51.4 Å². The summed E-state index contributed by atoms with van der Waals surface area (Å²) >= 11 is 2.28. The van der Waals surface area contributed by atoms with E-state index in [0.717, 1.165) is 44.0 Å². The van der Waals surface area contributed by atoms with Crippen molar-refractivity contribution in [2.75, 3.05) is 5.32 Å². The Morgan fingerprint density at radius 3 is 2.70 bits per heavy atom. The molecule has 1 aromatic heterocycles. The molecule has 140 valence electrons. The van der Waals surface area contributed by atoms with Crippen LogP contribution >= 0.6 is 22.6 Å². The average molecular weight is 474 g/mol. The smallest absolute Gasteiger partial charge is 0.244 e. The normalized spacial score (nSPS) is 11.1. The summed E-state index contributed by atoms with van der Waals surface area (Å²) in [6.45, 7) is 6.48. The minimum Gasteiger partial charge on any atom is -0.337 e. The molecule has 0 aliphatic heterocycles. The Morgan fingerprint density at radius 1 is 1.26 bits per heavy atom. The molecule has 3 aromatic rings. The molecule has 2 aromatic carbocycles. The van der Waals surface area contributed by atoms with E-state index in [1.54, 1.807) is 6.20 Å². The number of nitrogens with zero attached hydrogens (tertiary/aromatic N) is 1. The van der Waals surface area contributed by atoms with Gasteiger partial charge in [-0.05, 0) is 64.3 Å². The van der Waals surface area contributed by atoms with E-state index >= 15 is 0 Å². The monoisotopic (exact) mass is 474 g/mol. The fourth-order valence-electron chi connectivity index (χ4n) is 3.44. The van der Waals surface area contributed by atoms with Crippen LogP contribution in [0.1, 0.15) is 48.2 Å². The van der Waals surface area contributed by atoms with E-state index in [1.807, 2.05) is 34.9 Å². The number of hydrogen-bond acceptors (Lipinski definition) is 2. The van der Waals surface area contributed by atoms with Gasteiger partial charge in [-0.2, -0.15) is 0 Å². The van der Waals surface area contributed by atoms with Crippen LogP contribution in [0.4, 0.5) is 5.69 Å². The second kappa shape index (κ2) is 8.25. The van der Waals surface area contributed by atoms with Crippen LogP contribution in [0.5, 0.6) is 0 Å². The maximum Gasteiger partial charge on any atom is 0.244 e.